The van der Waals surface area contributed by atoms with Crippen LogP contribution in [0.1, 0.15) is 46.6 Å². The second-order valence-electron chi connectivity index (χ2n) is 6.24. The molecule has 0 aromatic heterocycles. The van der Waals surface area contributed by atoms with Gasteiger partial charge in [-0.25, -0.2) is 0 Å². The predicted molar refractivity (Wildman–Crippen MR) is 109 cm³/mol. The fourth-order valence-corrected chi connectivity index (χ4v) is 3.96. The molecule has 2 amide bonds. The van der Waals surface area contributed by atoms with Gasteiger partial charge in [-0.2, -0.15) is 0 Å². The van der Waals surface area contributed by atoms with Crippen molar-refractivity contribution in [2.75, 3.05) is 6.61 Å². The highest BCUT2D eigenvalue weighted by Crippen LogP contribution is 2.40. The van der Waals surface area contributed by atoms with E-state index in [9.17, 15) is 9.59 Å². The molecule has 0 aliphatic carbocycles. The van der Waals surface area contributed by atoms with Crippen molar-refractivity contribution in [3.63, 3.8) is 0 Å². The van der Waals surface area contributed by atoms with Gasteiger partial charge in [-0.15, -0.1) is 0 Å². The molecule has 1 saturated heterocycles. The molecular formula is C19H24BrNO4S. The van der Waals surface area contributed by atoms with E-state index < -0.39 is 0 Å². The van der Waals surface area contributed by atoms with Gasteiger partial charge in [0.1, 0.15) is 0 Å². The molecule has 1 aliphatic rings. The first-order chi connectivity index (χ1) is 12.3. The summed E-state index contributed by atoms with van der Waals surface area (Å²) >= 11 is 4.49. The van der Waals surface area contributed by atoms with Crippen LogP contribution in [0.3, 0.4) is 0 Å². The van der Waals surface area contributed by atoms with Crippen molar-refractivity contribution in [3.8, 4) is 11.5 Å². The average Bonchev–Trinajstić information content (AvgIpc) is 2.84. The molecular weight excluding hydrogens is 418 g/mol. The Morgan fingerprint density at radius 3 is 2.50 bits per heavy atom. The van der Waals surface area contributed by atoms with E-state index in [0.29, 0.717) is 23.0 Å². The molecule has 26 heavy (non-hydrogen) atoms. The fraction of sp³-hybridized carbons (Fsp3) is 0.474. The number of carbonyl (C=O) groups excluding carboxylic acids is 2. The van der Waals surface area contributed by atoms with Gasteiger partial charge in [0, 0.05) is 6.04 Å². The first kappa shape index (κ1) is 20.8. The molecule has 1 aliphatic heterocycles. The van der Waals surface area contributed by atoms with Crippen molar-refractivity contribution in [1.82, 2.24) is 4.90 Å². The third-order valence-corrected chi connectivity index (χ3v) is 5.31. The summed E-state index contributed by atoms with van der Waals surface area (Å²) in [5.41, 5.74) is 0.770. The van der Waals surface area contributed by atoms with Gasteiger partial charge in [-0.3, -0.25) is 14.5 Å². The van der Waals surface area contributed by atoms with Gasteiger partial charge in [0.2, 0.25) is 0 Å². The Morgan fingerprint density at radius 1 is 1.23 bits per heavy atom. The van der Waals surface area contributed by atoms with Crippen LogP contribution in [-0.4, -0.2) is 34.8 Å². The Labute approximate surface area is 167 Å². The van der Waals surface area contributed by atoms with Gasteiger partial charge < -0.3 is 9.47 Å². The Bertz CT molecular complexity index is 732. The second kappa shape index (κ2) is 8.95. The maximum absolute atomic E-state index is 12.6. The number of halogens is 1. The van der Waals surface area contributed by atoms with E-state index in [1.165, 1.54) is 4.90 Å². The van der Waals surface area contributed by atoms with Gasteiger partial charge in [0.15, 0.2) is 11.5 Å². The summed E-state index contributed by atoms with van der Waals surface area (Å²) in [6.07, 6.45) is 2.45. The number of imide groups is 1. The van der Waals surface area contributed by atoms with E-state index in [4.69, 9.17) is 9.47 Å². The van der Waals surface area contributed by atoms with Crippen molar-refractivity contribution < 1.29 is 19.1 Å². The van der Waals surface area contributed by atoms with Crippen LogP contribution in [0.25, 0.3) is 6.08 Å². The van der Waals surface area contributed by atoms with Gasteiger partial charge in [0.25, 0.3) is 11.1 Å². The lowest BCUT2D eigenvalue weighted by atomic mass is 10.1. The molecule has 0 N–H and O–H groups in total. The predicted octanol–water partition coefficient (Wildman–Crippen LogP) is 5.47. The maximum atomic E-state index is 12.6. The zero-order valence-electron chi connectivity index (χ0n) is 15.7. The molecule has 0 unspecified atom stereocenters. The SMILES string of the molecule is CCOc1cc(/C=C2/SC(=O)N([C@@H](C)CC)C2=O)cc(Br)c1OC(C)C. The Balaban J connectivity index is 2.39. The molecule has 1 aromatic carbocycles. The highest BCUT2D eigenvalue weighted by molar-refractivity contribution is 9.10. The number of nitrogens with zero attached hydrogens (tertiary/aromatic N) is 1. The lowest BCUT2D eigenvalue weighted by molar-refractivity contribution is -0.124. The Hall–Kier alpha value is -1.47. The summed E-state index contributed by atoms with van der Waals surface area (Å²) in [5, 5.41) is -0.223. The fourth-order valence-electron chi connectivity index (χ4n) is 2.48. The van der Waals surface area contributed by atoms with Crippen LogP contribution in [0.5, 0.6) is 11.5 Å². The Kier molecular flexibility index (Phi) is 7.17. The van der Waals surface area contributed by atoms with E-state index >= 15 is 0 Å². The number of hydrogen-bond acceptors (Lipinski definition) is 5. The number of amides is 2. The molecule has 0 saturated carbocycles. The smallest absolute Gasteiger partial charge is 0.293 e. The minimum atomic E-state index is -0.245. The molecule has 0 bridgehead atoms. The molecule has 2 rings (SSSR count). The molecule has 1 fully saturated rings. The monoisotopic (exact) mass is 441 g/mol. The zero-order valence-corrected chi connectivity index (χ0v) is 18.1. The largest absolute Gasteiger partial charge is 0.490 e. The molecule has 7 heteroatoms. The average molecular weight is 442 g/mol. The van der Waals surface area contributed by atoms with Crippen LogP contribution in [0, 0.1) is 0 Å². The second-order valence-corrected chi connectivity index (χ2v) is 8.09. The summed E-state index contributed by atoms with van der Waals surface area (Å²) in [6, 6.07) is 3.57. The zero-order chi connectivity index (χ0) is 19.4. The normalized spacial score (nSPS) is 17.3. The number of ether oxygens (including phenoxy) is 2. The minimum absolute atomic E-state index is 0.00314. The van der Waals surface area contributed by atoms with Crippen molar-refractivity contribution >= 4 is 44.9 Å². The third-order valence-electron chi connectivity index (χ3n) is 3.84. The number of carbonyl (C=O) groups is 2. The van der Waals surface area contributed by atoms with Crippen LogP contribution in [0.15, 0.2) is 21.5 Å². The topological polar surface area (TPSA) is 55.8 Å². The summed E-state index contributed by atoms with van der Waals surface area (Å²) < 4.78 is 12.3. The third kappa shape index (κ3) is 4.62. The Morgan fingerprint density at radius 2 is 1.92 bits per heavy atom. The van der Waals surface area contributed by atoms with Gasteiger partial charge >= 0.3 is 0 Å². The van der Waals surface area contributed by atoms with Crippen LogP contribution in [0.2, 0.25) is 0 Å². The number of rotatable bonds is 7. The van der Waals surface area contributed by atoms with Gasteiger partial charge in [-0.1, -0.05) is 6.92 Å². The van der Waals surface area contributed by atoms with Crippen LogP contribution >= 0.6 is 27.7 Å². The first-order valence-electron chi connectivity index (χ1n) is 8.68. The van der Waals surface area contributed by atoms with E-state index in [1.807, 2.05) is 46.8 Å². The van der Waals surface area contributed by atoms with E-state index in [1.54, 1.807) is 6.08 Å². The van der Waals surface area contributed by atoms with Crippen LogP contribution in [0.4, 0.5) is 4.79 Å². The summed E-state index contributed by atoms with van der Waals surface area (Å²) in [6.45, 7) is 10.1. The van der Waals surface area contributed by atoms with Crippen molar-refractivity contribution in [3.05, 3.63) is 27.1 Å². The maximum Gasteiger partial charge on any atom is 0.293 e. The molecule has 1 aromatic rings. The molecule has 1 atom stereocenters. The van der Waals surface area contributed by atoms with Gasteiger partial charge in [-0.05, 0) is 85.6 Å². The van der Waals surface area contributed by atoms with E-state index in [2.05, 4.69) is 15.9 Å². The highest BCUT2D eigenvalue weighted by atomic mass is 79.9. The standard InChI is InChI=1S/C19H24BrNO4S/c1-6-12(5)21-18(22)16(26-19(21)23)10-13-8-14(20)17(25-11(3)4)15(9-13)24-7-2/h8-12H,6-7H2,1-5H3/b16-10+/t12-/m0/s1. The molecule has 0 radical (unpaired) electrons. The molecule has 142 valence electrons. The van der Waals surface area contributed by atoms with Crippen molar-refractivity contribution in [1.29, 1.82) is 0 Å². The van der Waals surface area contributed by atoms with E-state index in [0.717, 1.165) is 28.2 Å². The summed E-state index contributed by atoms with van der Waals surface area (Å²) in [7, 11) is 0. The molecule has 5 nitrogen and oxygen atoms in total. The molecule has 0 spiro atoms. The minimum Gasteiger partial charge on any atom is -0.490 e. The summed E-state index contributed by atoms with van der Waals surface area (Å²) in [5.74, 6) is 0.987. The number of thioether (sulfide) groups is 1. The summed E-state index contributed by atoms with van der Waals surface area (Å²) in [4.78, 5) is 26.5. The van der Waals surface area contributed by atoms with Gasteiger partial charge in [0.05, 0.1) is 22.1 Å². The van der Waals surface area contributed by atoms with Crippen molar-refractivity contribution in [2.45, 2.75) is 53.2 Å². The lowest BCUT2D eigenvalue weighted by Gasteiger charge is -2.19. The van der Waals surface area contributed by atoms with E-state index in [-0.39, 0.29) is 23.3 Å². The molecule has 1 heterocycles. The quantitative estimate of drug-likeness (QED) is 0.524. The number of hydrogen-bond donors (Lipinski definition) is 0. The van der Waals surface area contributed by atoms with Crippen molar-refractivity contribution in [2.24, 2.45) is 0 Å². The lowest BCUT2D eigenvalue weighted by Crippen LogP contribution is -2.36. The van der Waals surface area contributed by atoms with Crippen LogP contribution < -0.4 is 9.47 Å². The first-order valence-corrected chi connectivity index (χ1v) is 10.3. The van der Waals surface area contributed by atoms with Crippen LogP contribution in [-0.2, 0) is 4.79 Å². The number of benzene rings is 1. The highest BCUT2D eigenvalue weighted by Gasteiger charge is 2.37.